The standard InChI is InChI=1S/C11H13NO5/c1-7(2)17-10-4-3-9(12(15)16)5-8(10)6-11(13)14/h3-5,7H,6H2,1-2H3,(H,13,14). The summed E-state index contributed by atoms with van der Waals surface area (Å²) < 4.78 is 5.40. The molecular weight excluding hydrogens is 226 g/mol. The number of non-ortho nitro benzene ring substituents is 1. The molecule has 1 N–H and O–H groups in total. The quantitative estimate of drug-likeness (QED) is 0.627. The SMILES string of the molecule is CC(C)Oc1ccc([N+](=O)[O-])cc1CC(=O)O. The minimum absolute atomic E-state index is 0.121. The van der Waals surface area contributed by atoms with E-state index in [9.17, 15) is 14.9 Å². The number of carbonyl (C=O) groups is 1. The van der Waals surface area contributed by atoms with Crippen molar-refractivity contribution < 1.29 is 19.6 Å². The normalized spacial score (nSPS) is 10.3. The fourth-order valence-corrected chi connectivity index (χ4v) is 1.35. The van der Waals surface area contributed by atoms with Gasteiger partial charge in [0, 0.05) is 17.7 Å². The van der Waals surface area contributed by atoms with Crippen LogP contribution in [0.2, 0.25) is 0 Å². The van der Waals surface area contributed by atoms with Crippen molar-refractivity contribution in [2.24, 2.45) is 0 Å². The molecule has 6 heteroatoms. The van der Waals surface area contributed by atoms with Gasteiger partial charge >= 0.3 is 5.97 Å². The number of nitro groups is 1. The van der Waals surface area contributed by atoms with Crippen LogP contribution in [0.5, 0.6) is 5.75 Å². The summed E-state index contributed by atoms with van der Waals surface area (Å²) in [5, 5.41) is 19.3. The lowest BCUT2D eigenvalue weighted by Crippen LogP contribution is -2.10. The van der Waals surface area contributed by atoms with Crippen LogP contribution in [0.3, 0.4) is 0 Å². The third-order valence-corrected chi connectivity index (χ3v) is 1.96. The highest BCUT2D eigenvalue weighted by atomic mass is 16.6. The van der Waals surface area contributed by atoms with E-state index in [2.05, 4.69) is 0 Å². The van der Waals surface area contributed by atoms with Crippen molar-refractivity contribution >= 4 is 11.7 Å². The maximum Gasteiger partial charge on any atom is 0.307 e. The zero-order valence-corrected chi connectivity index (χ0v) is 9.54. The number of carboxylic acid groups (broad SMARTS) is 1. The van der Waals surface area contributed by atoms with Crippen LogP contribution < -0.4 is 4.74 Å². The first-order chi connectivity index (χ1) is 7.90. The molecule has 0 heterocycles. The first-order valence-corrected chi connectivity index (χ1v) is 5.06. The summed E-state index contributed by atoms with van der Waals surface area (Å²) in [4.78, 5) is 20.7. The van der Waals surface area contributed by atoms with Crippen LogP contribution in [0, 0.1) is 10.1 Å². The van der Waals surface area contributed by atoms with Crippen LogP contribution in [0.1, 0.15) is 19.4 Å². The zero-order chi connectivity index (χ0) is 13.0. The Hall–Kier alpha value is -2.11. The smallest absolute Gasteiger partial charge is 0.307 e. The van der Waals surface area contributed by atoms with E-state index in [-0.39, 0.29) is 18.2 Å². The molecule has 0 saturated heterocycles. The van der Waals surface area contributed by atoms with Crippen molar-refractivity contribution in [3.63, 3.8) is 0 Å². The van der Waals surface area contributed by atoms with Gasteiger partial charge in [-0.25, -0.2) is 0 Å². The van der Waals surface area contributed by atoms with Crippen LogP contribution >= 0.6 is 0 Å². The fraction of sp³-hybridized carbons (Fsp3) is 0.364. The molecule has 0 amide bonds. The first-order valence-electron chi connectivity index (χ1n) is 5.06. The average molecular weight is 239 g/mol. The van der Waals surface area contributed by atoms with Gasteiger partial charge in [0.1, 0.15) is 5.75 Å². The molecular formula is C11H13NO5. The molecule has 0 atom stereocenters. The van der Waals surface area contributed by atoms with Gasteiger partial charge in [0.25, 0.3) is 5.69 Å². The second kappa shape index (κ2) is 5.29. The lowest BCUT2D eigenvalue weighted by molar-refractivity contribution is -0.384. The van der Waals surface area contributed by atoms with Crippen LogP contribution in [-0.2, 0) is 11.2 Å². The van der Waals surface area contributed by atoms with Gasteiger partial charge < -0.3 is 9.84 Å². The topological polar surface area (TPSA) is 89.7 Å². The summed E-state index contributed by atoms with van der Waals surface area (Å²) in [5.41, 5.74) is 0.165. The van der Waals surface area contributed by atoms with Gasteiger partial charge in [0.2, 0.25) is 0 Å². The molecule has 0 aliphatic rings. The molecule has 0 aromatic heterocycles. The Morgan fingerprint density at radius 3 is 2.65 bits per heavy atom. The number of nitrogens with zero attached hydrogens (tertiary/aromatic N) is 1. The average Bonchev–Trinajstić information content (AvgIpc) is 2.18. The molecule has 1 aromatic carbocycles. The summed E-state index contributed by atoms with van der Waals surface area (Å²) in [6.45, 7) is 3.60. The highest BCUT2D eigenvalue weighted by Gasteiger charge is 2.14. The highest BCUT2D eigenvalue weighted by molar-refractivity contribution is 5.71. The van der Waals surface area contributed by atoms with E-state index in [4.69, 9.17) is 9.84 Å². The predicted molar refractivity (Wildman–Crippen MR) is 60.2 cm³/mol. The van der Waals surface area contributed by atoms with Crippen LogP contribution in [-0.4, -0.2) is 22.1 Å². The lowest BCUT2D eigenvalue weighted by Gasteiger charge is -2.13. The molecule has 0 aliphatic heterocycles. The number of aliphatic carboxylic acids is 1. The minimum atomic E-state index is -1.06. The molecule has 0 saturated carbocycles. The number of benzene rings is 1. The summed E-state index contributed by atoms with van der Waals surface area (Å²) in [5.74, 6) is -0.688. The van der Waals surface area contributed by atoms with E-state index in [0.717, 1.165) is 0 Å². The Morgan fingerprint density at radius 2 is 2.18 bits per heavy atom. The molecule has 0 spiro atoms. The maximum atomic E-state index is 10.7. The Labute approximate surface area is 98.0 Å². The first kappa shape index (κ1) is 13.0. The Bertz CT molecular complexity index is 441. The number of rotatable bonds is 5. The van der Waals surface area contributed by atoms with Gasteiger partial charge in [-0.05, 0) is 19.9 Å². The number of hydrogen-bond donors (Lipinski definition) is 1. The van der Waals surface area contributed by atoms with Gasteiger partial charge in [-0.15, -0.1) is 0 Å². The van der Waals surface area contributed by atoms with Gasteiger partial charge in [-0.3, -0.25) is 14.9 Å². The van der Waals surface area contributed by atoms with Crippen LogP contribution in [0.25, 0.3) is 0 Å². The molecule has 0 bridgehead atoms. The molecule has 0 aliphatic carbocycles. The highest BCUT2D eigenvalue weighted by Crippen LogP contribution is 2.25. The monoisotopic (exact) mass is 239 g/mol. The Balaban J connectivity index is 3.11. The van der Waals surface area contributed by atoms with Crippen molar-refractivity contribution in [2.75, 3.05) is 0 Å². The van der Waals surface area contributed by atoms with E-state index < -0.39 is 10.9 Å². The predicted octanol–water partition coefficient (Wildman–Crippen LogP) is 2.01. The molecule has 92 valence electrons. The second-order valence-electron chi connectivity index (χ2n) is 3.79. The van der Waals surface area contributed by atoms with Crippen LogP contribution in [0.4, 0.5) is 5.69 Å². The van der Waals surface area contributed by atoms with Crippen molar-refractivity contribution in [3.8, 4) is 5.75 Å². The van der Waals surface area contributed by atoms with E-state index in [1.54, 1.807) is 13.8 Å². The van der Waals surface area contributed by atoms with Gasteiger partial charge in [0.15, 0.2) is 0 Å². The number of nitro benzene ring substituents is 1. The summed E-state index contributed by atoms with van der Waals surface area (Å²) in [7, 11) is 0. The van der Waals surface area contributed by atoms with Gasteiger partial charge in [-0.1, -0.05) is 0 Å². The van der Waals surface area contributed by atoms with Gasteiger partial charge in [0.05, 0.1) is 17.4 Å². The number of hydrogen-bond acceptors (Lipinski definition) is 4. The molecule has 6 nitrogen and oxygen atoms in total. The number of ether oxygens (including phenoxy) is 1. The van der Waals surface area contributed by atoms with E-state index in [1.165, 1.54) is 18.2 Å². The maximum absolute atomic E-state index is 10.7. The van der Waals surface area contributed by atoms with Crippen molar-refractivity contribution in [2.45, 2.75) is 26.4 Å². The summed E-state index contributed by atoms with van der Waals surface area (Å²) in [6.07, 6.45) is -0.423. The summed E-state index contributed by atoms with van der Waals surface area (Å²) in [6, 6.07) is 3.95. The van der Waals surface area contributed by atoms with Crippen molar-refractivity contribution in [1.29, 1.82) is 0 Å². The van der Waals surface area contributed by atoms with Crippen LogP contribution in [0.15, 0.2) is 18.2 Å². The molecule has 0 fully saturated rings. The molecule has 0 unspecified atom stereocenters. The van der Waals surface area contributed by atoms with E-state index >= 15 is 0 Å². The third kappa shape index (κ3) is 3.75. The Morgan fingerprint density at radius 1 is 1.53 bits per heavy atom. The largest absolute Gasteiger partial charge is 0.491 e. The lowest BCUT2D eigenvalue weighted by atomic mass is 10.1. The van der Waals surface area contributed by atoms with E-state index in [1.807, 2.05) is 0 Å². The molecule has 1 rings (SSSR count). The molecule has 17 heavy (non-hydrogen) atoms. The molecule has 0 radical (unpaired) electrons. The fourth-order valence-electron chi connectivity index (χ4n) is 1.35. The zero-order valence-electron chi connectivity index (χ0n) is 9.54. The molecule has 1 aromatic rings. The van der Waals surface area contributed by atoms with Gasteiger partial charge in [-0.2, -0.15) is 0 Å². The third-order valence-electron chi connectivity index (χ3n) is 1.96. The van der Waals surface area contributed by atoms with Crippen molar-refractivity contribution in [1.82, 2.24) is 0 Å². The van der Waals surface area contributed by atoms with Crippen molar-refractivity contribution in [3.05, 3.63) is 33.9 Å². The summed E-state index contributed by atoms with van der Waals surface area (Å²) >= 11 is 0. The van der Waals surface area contributed by atoms with E-state index in [0.29, 0.717) is 11.3 Å². The number of carboxylic acids is 1. The second-order valence-corrected chi connectivity index (χ2v) is 3.79. The minimum Gasteiger partial charge on any atom is -0.491 e. The Kier molecular flexibility index (Phi) is 4.03.